The minimum absolute atomic E-state index is 0.116. The monoisotopic (exact) mass is 284 g/mol. The summed E-state index contributed by atoms with van der Waals surface area (Å²) in [4.78, 5) is 13.4. The Morgan fingerprint density at radius 2 is 2.00 bits per heavy atom. The number of hydrogen-bond acceptors (Lipinski definition) is 2. The van der Waals surface area contributed by atoms with Crippen LogP contribution in [0, 0.1) is 0 Å². The molecule has 0 spiro atoms. The molecule has 0 unspecified atom stereocenters. The number of likely N-dealkylation sites (N-methyl/N-ethyl adjacent to an activating group) is 2. The lowest BCUT2D eigenvalue weighted by Crippen LogP contribution is -2.35. The smallest absolute Gasteiger partial charge is 0.236 e. The van der Waals surface area contributed by atoms with Crippen LogP contribution in [0.1, 0.15) is 12.5 Å². The van der Waals surface area contributed by atoms with Crippen molar-refractivity contribution in [1.82, 2.24) is 10.2 Å². The molecule has 0 heterocycles. The number of nitrogens with zero attached hydrogens (tertiary/aromatic N) is 1. The van der Waals surface area contributed by atoms with Crippen LogP contribution in [-0.4, -0.2) is 30.9 Å². The third kappa shape index (κ3) is 4.33. The highest BCUT2D eigenvalue weighted by Crippen LogP contribution is 2.11. The van der Waals surface area contributed by atoms with Gasteiger partial charge in [-0.15, -0.1) is 0 Å². The van der Waals surface area contributed by atoms with Gasteiger partial charge in [0.15, 0.2) is 0 Å². The Kier molecular flexibility index (Phi) is 5.49. The second kappa shape index (κ2) is 6.66. The number of benzene rings is 1. The number of amides is 1. The van der Waals surface area contributed by atoms with Gasteiger partial charge in [-0.2, -0.15) is 0 Å². The molecule has 1 amide bonds. The summed E-state index contributed by atoms with van der Waals surface area (Å²) >= 11 is 3.38. The Bertz CT molecular complexity index is 337. The van der Waals surface area contributed by atoms with Crippen LogP contribution in [0.3, 0.4) is 0 Å². The van der Waals surface area contributed by atoms with Crippen LogP contribution in [-0.2, 0) is 11.3 Å². The molecule has 88 valence electrons. The van der Waals surface area contributed by atoms with Crippen molar-refractivity contribution in [3.8, 4) is 0 Å². The van der Waals surface area contributed by atoms with Crippen LogP contribution in [0.5, 0.6) is 0 Å². The van der Waals surface area contributed by atoms with E-state index in [1.165, 1.54) is 0 Å². The summed E-state index contributed by atoms with van der Waals surface area (Å²) < 4.78 is 1.05. The summed E-state index contributed by atoms with van der Waals surface area (Å²) in [7, 11) is 1.82. The van der Waals surface area contributed by atoms with Crippen LogP contribution in [0.4, 0.5) is 0 Å². The summed E-state index contributed by atoms with van der Waals surface area (Å²) in [5.41, 5.74) is 1.13. The molecule has 0 radical (unpaired) electrons. The maximum absolute atomic E-state index is 11.6. The van der Waals surface area contributed by atoms with Crippen molar-refractivity contribution < 1.29 is 4.79 Å². The van der Waals surface area contributed by atoms with E-state index < -0.39 is 0 Å². The van der Waals surface area contributed by atoms with Crippen LogP contribution >= 0.6 is 15.9 Å². The van der Waals surface area contributed by atoms with Gasteiger partial charge in [0.05, 0.1) is 6.54 Å². The number of carbonyl (C=O) groups is 1. The van der Waals surface area contributed by atoms with Crippen molar-refractivity contribution in [2.24, 2.45) is 0 Å². The zero-order valence-corrected chi connectivity index (χ0v) is 11.3. The predicted octanol–water partition coefficient (Wildman–Crippen LogP) is 2.02. The Balaban J connectivity index is 2.47. The summed E-state index contributed by atoms with van der Waals surface area (Å²) in [6, 6.07) is 8.00. The quantitative estimate of drug-likeness (QED) is 0.897. The molecule has 0 fully saturated rings. The lowest BCUT2D eigenvalue weighted by Gasteiger charge is -2.17. The van der Waals surface area contributed by atoms with E-state index in [1.54, 1.807) is 4.90 Å². The molecule has 1 aromatic carbocycles. The Labute approximate surface area is 105 Å². The lowest BCUT2D eigenvalue weighted by molar-refractivity contribution is -0.129. The van der Waals surface area contributed by atoms with Gasteiger partial charge in [0.1, 0.15) is 0 Å². The molecule has 1 rings (SSSR count). The number of halogens is 1. The van der Waals surface area contributed by atoms with Crippen molar-refractivity contribution in [3.63, 3.8) is 0 Å². The highest BCUT2D eigenvalue weighted by atomic mass is 79.9. The summed E-state index contributed by atoms with van der Waals surface area (Å²) in [6.45, 7) is 3.86. The van der Waals surface area contributed by atoms with Gasteiger partial charge < -0.3 is 10.2 Å². The third-order valence-electron chi connectivity index (χ3n) is 2.28. The molecule has 4 heteroatoms. The zero-order chi connectivity index (χ0) is 12.0. The van der Waals surface area contributed by atoms with Gasteiger partial charge in [-0.25, -0.2) is 0 Å². The maximum atomic E-state index is 11.6. The molecule has 16 heavy (non-hydrogen) atoms. The average Bonchev–Trinajstić information content (AvgIpc) is 2.29. The summed E-state index contributed by atoms with van der Waals surface area (Å²) in [5.74, 6) is 0.116. The van der Waals surface area contributed by atoms with Crippen molar-refractivity contribution in [2.45, 2.75) is 13.5 Å². The van der Waals surface area contributed by atoms with Crippen molar-refractivity contribution in [3.05, 3.63) is 34.3 Å². The van der Waals surface area contributed by atoms with Crippen LogP contribution in [0.15, 0.2) is 28.7 Å². The molecule has 0 bridgehead atoms. The summed E-state index contributed by atoms with van der Waals surface area (Å²) in [5, 5.41) is 3.03. The SMILES string of the molecule is CCNCC(=O)N(C)Cc1ccc(Br)cc1. The first-order chi connectivity index (χ1) is 7.63. The Morgan fingerprint density at radius 3 is 2.56 bits per heavy atom. The largest absolute Gasteiger partial charge is 0.340 e. The van der Waals surface area contributed by atoms with Crippen molar-refractivity contribution in [2.75, 3.05) is 20.1 Å². The molecule has 1 aromatic rings. The predicted molar refractivity (Wildman–Crippen MR) is 69.2 cm³/mol. The molecule has 0 aliphatic rings. The van der Waals surface area contributed by atoms with E-state index in [4.69, 9.17) is 0 Å². The van der Waals surface area contributed by atoms with Gasteiger partial charge >= 0.3 is 0 Å². The topological polar surface area (TPSA) is 32.3 Å². The number of nitrogens with one attached hydrogen (secondary N) is 1. The fraction of sp³-hybridized carbons (Fsp3) is 0.417. The van der Waals surface area contributed by atoms with E-state index in [0.29, 0.717) is 13.1 Å². The van der Waals surface area contributed by atoms with Gasteiger partial charge in [-0.05, 0) is 24.2 Å². The molecule has 0 saturated heterocycles. The molecule has 0 atom stereocenters. The standard InChI is InChI=1S/C12H17BrN2O/c1-3-14-8-12(16)15(2)9-10-4-6-11(13)7-5-10/h4-7,14H,3,8-9H2,1-2H3. The second-order valence-electron chi connectivity index (χ2n) is 3.66. The number of hydrogen-bond donors (Lipinski definition) is 1. The number of rotatable bonds is 5. The van der Waals surface area contributed by atoms with Gasteiger partial charge in [0.2, 0.25) is 5.91 Å². The van der Waals surface area contributed by atoms with Gasteiger partial charge in [0, 0.05) is 18.1 Å². The van der Waals surface area contributed by atoms with Crippen molar-refractivity contribution in [1.29, 1.82) is 0 Å². The lowest BCUT2D eigenvalue weighted by atomic mass is 10.2. The van der Waals surface area contributed by atoms with Crippen LogP contribution < -0.4 is 5.32 Å². The van der Waals surface area contributed by atoms with Gasteiger partial charge in [-0.3, -0.25) is 4.79 Å². The normalized spacial score (nSPS) is 10.2. The first-order valence-corrected chi connectivity index (χ1v) is 6.12. The van der Waals surface area contributed by atoms with E-state index in [2.05, 4.69) is 21.2 Å². The van der Waals surface area contributed by atoms with Gasteiger partial charge in [-0.1, -0.05) is 35.0 Å². The molecular weight excluding hydrogens is 268 g/mol. The summed E-state index contributed by atoms with van der Waals surface area (Å²) in [6.07, 6.45) is 0. The minimum Gasteiger partial charge on any atom is -0.340 e. The minimum atomic E-state index is 0.116. The molecule has 3 nitrogen and oxygen atoms in total. The second-order valence-corrected chi connectivity index (χ2v) is 4.57. The van der Waals surface area contributed by atoms with Crippen LogP contribution in [0.2, 0.25) is 0 Å². The van der Waals surface area contributed by atoms with E-state index in [1.807, 2.05) is 38.2 Å². The Morgan fingerprint density at radius 1 is 1.38 bits per heavy atom. The molecule has 0 saturated carbocycles. The third-order valence-corrected chi connectivity index (χ3v) is 2.81. The average molecular weight is 285 g/mol. The fourth-order valence-electron chi connectivity index (χ4n) is 1.32. The van der Waals surface area contributed by atoms with Crippen molar-refractivity contribution >= 4 is 21.8 Å². The molecule has 0 aromatic heterocycles. The van der Waals surface area contributed by atoms with E-state index in [9.17, 15) is 4.79 Å². The van der Waals surface area contributed by atoms with E-state index in [0.717, 1.165) is 16.6 Å². The maximum Gasteiger partial charge on any atom is 0.236 e. The molecule has 0 aliphatic heterocycles. The zero-order valence-electron chi connectivity index (χ0n) is 9.66. The molecule has 1 N–H and O–H groups in total. The first kappa shape index (κ1) is 13.2. The van der Waals surface area contributed by atoms with E-state index >= 15 is 0 Å². The fourth-order valence-corrected chi connectivity index (χ4v) is 1.58. The first-order valence-electron chi connectivity index (χ1n) is 5.32. The molecular formula is C12H17BrN2O. The van der Waals surface area contributed by atoms with E-state index in [-0.39, 0.29) is 5.91 Å². The van der Waals surface area contributed by atoms with Crippen LogP contribution in [0.25, 0.3) is 0 Å². The highest BCUT2D eigenvalue weighted by Gasteiger charge is 2.07. The Hall–Kier alpha value is -0.870. The van der Waals surface area contributed by atoms with Gasteiger partial charge in [0.25, 0.3) is 0 Å². The highest BCUT2D eigenvalue weighted by molar-refractivity contribution is 9.10. The molecule has 0 aliphatic carbocycles. The number of carbonyl (C=O) groups excluding carboxylic acids is 1.